The maximum Gasteiger partial charge on any atom is 0.416 e. The number of rotatable bonds is 4. The molecule has 0 bridgehead atoms. The van der Waals surface area contributed by atoms with Gasteiger partial charge in [0.1, 0.15) is 0 Å². The molecule has 0 aliphatic heterocycles. The zero-order valence-electron chi connectivity index (χ0n) is 15.5. The molecule has 0 amide bonds. The van der Waals surface area contributed by atoms with Gasteiger partial charge in [-0.25, -0.2) is 4.98 Å². The van der Waals surface area contributed by atoms with Crippen LogP contribution in [0.25, 0.3) is 11.0 Å². The van der Waals surface area contributed by atoms with Gasteiger partial charge in [0, 0.05) is 18.5 Å². The van der Waals surface area contributed by atoms with Crippen LogP contribution in [0.2, 0.25) is 0 Å². The predicted molar refractivity (Wildman–Crippen MR) is 94.0 cm³/mol. The van der Waals surface area contributed by atoms with Crippen LogP contribution in [-0.4, -0.2) is 33.0 Å². The number of benzene rings is 1. The lowest BCUT2D eigenvalue weighted by molar-refractivity contribution is -0.253. The zero-order chi connectivity index (χ0) is 19.9. The van der Waals surface area contributed by atoms with Crippen LogP contribution in [0.15, 0.2) is 12.1 Å². The first kappa shape index (κ1) is 20.0. The second-order valence-corrected chi connectivity index (χ2v) is 7.66. The quantitative estimate of drug-likeness (QED) is 0.853. The van der Waals surface area contributed by atoms with E-state index in [-0.39, 0.29) is 6.54 Å². The monoisotopic (exact) mass is 368 g/mol. The van der Waals surface area contributed by atoms with Gasteiger partial charge in [-0.1, -0.05) is 0 Å². The number of hydrogen-bond acceptors (Lipinski definition) is 4. The lowest BCUT2D eigenvalue weighted by Crippen LogP contribution is -2.43. The van der Waals surface area contributed by atoms with Crippen LogP contribution in [-0.2, 0) is 5.54 Å². The van der Waals surface area contributed by atoms with E-state index < -0.39 is 23.7 Å². The van der Waals surface area contributed by atoms with Crippen molar-refractivity contribution in [3.05, 3.63) is 23.3 Å². The minimum atomic E-state index is -4.70. The maximum atomic E-state index is 12.8. The Kier molecular flexibility index (Phi) is 4.99. The summed E-state index contributed by atoms with van der Waals surface area (Å²) in [7, 11) is 0. The lowest BCUT2D eigenvalue weighted by atomic mass is 10.0. The number of nitrogens with one attached hydrogen (secondary N) is 1. The van der Waals surface area contributed by atoms with Gasteiger partial charge in [0.25, 0.3) is 0 Å². The Morgan fingerprint density at radius 1 is 1.23 bits per heavy atom. The maximum absolute atomic E-state index is 12.8. The van der Waals surface area contributed by atoms with E-state index in [4.69, 9.17) is 0 Å². The number of alkyl halides is 3. The molecule has 0 spiro atoms. The molecule has 0 saturated heterocycles. The van der Waals surface area contributed by atoms with Gasteiger partial charge in [0.05, 0.1) is 22.7 Å². The average Bonchev–Trinajstić information content (AvgIpc) is 2.81. The summed E-state index contributed by atoms with van der Waals surface area (Å²) >= 11 is 0. The Morgan fingerprint density at radius 3 is 2.35 bits per heavy atom. The molecule has 2 rings (SSSR count). The van der Waals surface area contributed by atoms with E-state index in [0.717, 1.165) is 18.0 Å². The van der Waals surface area contributed by atoms with Crippen LogP contribution in [0.5, 0.6) is 0 Å². The number of anilines is 1. The van der Waals surface area contributed by atoms with Crippen LogP contribution in [0, 0.1) is 18.3 Å². The summed E-state index contributed by atoms with van der Waals surface area (Å²) in [5, 5.41) is 21.7. The molecular weight excluding hydrogens is 345 g/mol. The highest BCUT2D eigenvalue weighted by Crippen LogP contribution is 2.33. The van der Waals surface area contributed by atoms with Gasteiger partial charge < -0.3 is 15.0 Å². The Morgan fingerprint density at radius 2 is 1.85 bits per heavy atom. The Balaban J connectivity index is 2.40. The van der Waals surface area contributed by atoms with Crippen LogP contribution in [0.1, 0.15) is 45.2 Å². The molecule has 142 valence electrons. The molecule has 0 aliphatic rings. The molecule has 26 heavy (non-hydrogen) atoms. The van der Waals surface area contributed by atoms with Gasteiger partial charge in [0.2, 0.25) is 5.95 Å². The van der Waals surface area contributed by atoms with Gasteiger partial charge in [-0.2, -0.15) is 18.4 Å². The fourth-order valence-electron chi connectivity index (χ4n) is 2.71. The molecule has 8 heteroatoms. The fraction of sp³-hybridized carbons (Fsp3) is 0.556. The van der Waals surface area contributed by atoms with Crippen molar-refractivity contribution in [2.45, 2.75) is 58.4 Å². The van der Waals surface area contributed by atoms with Crippen molar-refractivity contribution in [1.82, 2.24) is 9.55 Å². The highest BCUT2D eigenvalue weighted by atomic mass is 19.4. The van der Waals surface area contributed by atoms with Crippen molar-refractivity contribution in [3.63, 3.8) is 0 Å². The Bertz CT molecular complexity index is 854. The van der Waals surface area contributed by atoms with Gasteiger partial charge in [-0.05, 0) is 52.3 Å². The summed E-state index contributed by atoms with van der Waals surface area (Å²) in [6.45, 7) is 8.28. The van der Waals surface area contributed by atoms with Gasteiger partial charge >= 0.3 is 6.18 Å². The molecule has 0 aliphatic carbocycles. The smallest absolute Gasteiger partial charge is 0.381 e. The number of nitriles is 1. The second kappa shape index (κ2) is 6.47. The Hall–Kier alpha value is -2.27. The largest absolute Gasteiger partial charge is 0.416 e. The molecule has 1 unspecified atom stereocenters. The number of aromatic nitrogens is 2. The first-order valence-corrected chi connectivity index (χ1v) is 8.24. The van der Waals surface area contributed by atoms with Crippen molar-refractivity contribution < 1.29 is 18.3 Å². The van der Waals surface area contributed by atoms with Crippen LogP contribution < -0.4 is 5.32 Å². The first-order valence-electron chi connectivity index (χ1n) is 8.24. The third-order valence-electron chi connectivity index (χ3n) is 4.30. The number of fused-ring (bicyclic) bond motifs is 1. The number of halogens is 3. The molecule has 0 radical (unpaired) electrons. The topological polar surface area (TPSA) is 73.9 Å². The molecule has 0 saturated carbocycles. The van der Waals surface area contributed by atoms with Crippen molar-refractivity contribution in [2.24, 2.45) is 0 Å². The highest BCUT2D eigenvalue weighted by Gasteiger charge is 2.49. The number of imidazole rings is 1. The molecule has 1 atom stereocenters. The normalized spacial score (nSPS) is 14.9. The zero-order valence-corrected chi connectivity index (χ0v) is 15.5. The lowest BCUT2D eigenvalue weighted by Gasteiger charge is -2.27. The van der Waals surface area contributed by atoms with Gasteiger partial charge in [-0.15, -0.1) is 0 Å². The molecule has 1 heterocycles. The van der Waals surface area contributed by atoms with Gasteiger partial charge in [-0.3, -0.25) is 0 Å². The summed E-state index contributed by atoms with van der Waals surface area (Å²) in [4.78, 5) is 4.48. The summed E-state index contributed by atoms with van der Waals surface area (Å²) in [6.07, 6.45) is -5.20. The minimum Gasteiger partial charge on any atom is -0.381 e. The second-order valence-electron chi connectivity index (χ2n) is 7.66. The van der Waals surface area contributed by atoms with Crippen LogP contribution in [0.3, 0.4) is 0 Å². The SMILES string of the molecule is Cc1cc2nc(NCCC(C)(O)C(F)(F)F)n(C(C)(C)C)c2cc1C#N. The molecule has 1 aromatic carbocycles. The van der Waals surface area contributed by atoms with E-state index in [0.29, 0.717) is 17.0 Å². The van der Waals surface area contributed by atoms with Crippen molar-refractivity contribution in [2.75, 3.05) is 11.9 Å². The van der Waals surface area contributed by atoms with E-state index in [1.54, 1.807) is 12.1 Å². The first-order chi connectivity index (χ1) is 11.8. The fourth-order valence-corrected chi connectivity index (χ4v) is 2.71. The van der Waals surface area contributed by atoms with Crippen molar-refractivity contribution >= 4 is 17.0 Å². The van der Waals surface area contributed by atoms with Crippen LogP contribution in [0.4, 0.5) is 19.1 Å². The summed E-state index contributed by atoms with van der Waals surface area (Å²) in [6, 6.07) is 5.66. The third-order valence-corrected chi connectivity index (χ3v) is 4.30. The number of hydrogen-bond donors (Lipinski definition) is 2. The minimum absolute atomic E-state index is 0.101. The van der Waals surface area contributed by atoms with E-state index in [2.05, 4.69) is 16.4 Å². The molecule has 2 N–H and O–H groups in total. The Labute approximate surface area is 150 Å². The van der Waals surface area contributed by atoms with Gasteiger partial charge in [0.15, 0.2) is 5.60 Å². The van der Waals surface area contributed by atoms with Crippen molar-refractivity contribution in [3.8, 4) is 6.07 Å². The van der Waals surface area contributed by atoms with E-state index in [1.807, 2.05) is 32.3 Å². The van der Waals surface area contributed by atoms with E-state index >= 15 is 0 Å². The highest BCUT2D eigenvalue weighted by molar-refractivity contribution is 5.82. The average molecular weight is 368 g/mol. The van der Waals surface area contributed by atoms with E-state index in [9.17, 15) is 23.5 Å². The van der Waals surface area contributed by atoms with Crippen LogP contribution >= 0.6 is 0 Å². The molecule has 1 aromatic heterocycles. The number of nitrogens with zero attached hydrogens (tertiary/aromatic N) is 3. The number of aryl methyl sites for hydroxylation is 1. The standard InChI is InChI=1S/C18H23F3N4O/c1-11-8-13-14(9-12(11)10-22)25(16(2,3)4)15(24-13)23-7-6-17(5,26)18(19,20)21/h8-9,26H,6-7H2,1-5H3,(H,23,24). The molecule has 5 nitrogen and oxygen atoms in total. The van der Waals surface area contributed by atoms with Crippen molar-refractivity contribution in [1.29, 1.82) is 5.26 Å². The van der Waals surface area contributed by atoms with E-state index in [1.165, 1.54) is 0 Å². The molecular formula is C18H23F3N4O. The third kappa shape index (κ3) is 3.78. The summed E-state index contributed by atoms with van der Waals surface area (Å²) < 4.78 is 40.2. The summed E-state index contributed by atoms with van der Waals surface area (Å²) in [5.41, 5.74) is -0.500. The number of aliphatic hydroxyl groups is 1. The molecule has 0 fully saturated rings. The summed E-state index contributed by atoms with van der Waals surface area (Å²) in [5.74, 6) is 0.403. The predicted octanol–water partition coefficient (Wildman–Crippen LogP) is 4.09. The molecule has 2 aromatic rings.